The van der Waals surface area contributed by atoms with Crippen molar-refractivity contribution in [3.8, 4) is 11.5 Å². The summed E-state index contributed by atoms with van der Waals surface area (Å²) in [5.74, 6) is 1.05. The van der Waals surface area contributed by atoms with Gasteiger partial charge in [-0.3, -0.25) is 0 Å². The minimum absolute atomic E-state index is 0.256. The van der Waals surface area contributed by atoms with E-state index in [4.69, 9.17) is 9.47 Å². The Morgan fingerprint density at radius 2 is 1.90 bits per heavy atom. The molecule has 0 amide bonds. The van der Waals surface area contributed by atoms with Gasteiger partial charge in [0.1, 0.15) is 17.3 Å². The summed E-state index contributed by atoms with van der Waals surface area (Å²) in [5.41, 5.74) is 0.220. The molecule has 1 N–H and O–H groups in total. The molecule has 1 unspecified atom stereocenters. The molecule has 0 heterocycles. The third-order valence-electron chi connectivity index (χ3n) is 4.72. The van der Waals surface area contributed by atoms with E-state index in [-0.39, 0.29) is 5.82 Å². The SMILES string of the molecule is CCC(COc1ccc(C)c(F)c1)CSc1ccc(OC(C)(C)C(=O)O)c(C)c1. The molecule has 6 heteroatoms. The van der Waals surface area contributed by atoms with Crippen LogP contribution in [-0.4, -0.2) is 29.0 Å². The molecule has 158 valence electrons. The number of carboxylic acids is 1. The molecule has 0 spiro atoms. The van der Waals surface area contributed by atoms with E-state index in [9.17, 15) is 14.3 Å². The van der Waals surface area contributed by atoms with Crippen molar-refractivity contribution in [3.63, 3.8) is 0 Å². The molecule has 2 rings (SSSR count). The number of hydrogen-bond acceptors (Lipinski definition) is 4. The Balaban J connectivity index is 1.92. The normalized spacial score (nSPS) is 12.5. The number of halogens is 1. The van der Waals surface area contributed by atoms with Gasteiger partial charge >= 0.3 is 5.97 Å². The van der Waals surface area contributed by atoms with Crippen molar-refractivity contribution in [2.24, 2.45) is 5.92 Å². The van der Waals surface area contributed by atoms with Gasteiger partial charge in [-0.15, -0.1) is 11.8 Å². The maximum Gasteiger partial charge on any atom is 0.347 e. The summed E-state index contributed by atoms with van der Waals surface area (Å²) in [7, 11) is 0. The first-order valence-corrected chi connectivity index (χ1v) is 10.7. The fourth-order valence-corrected chi connectivity index (χ4v) is 3.70. The summed E-state index contributed by atoms with van der Waals surface area (Å²) in [6.07, 6.45) is 0.953. The second kappa shape index (κ2) is 10.0. The molecule has 0 bridgehead atoms. The number of rotatable bonds is 10. The van der Waals surface area contributed by atoms with Gasteiger partial charge in [0.15, 0.2) is 5.60 Å². The van der Waals surface area contributed by atoms with Gasteiger partial charge in [0, 0.05) is 22.6 Å². The van der Waals surface area contributed by atoms with Crippen molar-refractivity contribution in [1.29, 1.82) is 0 Å². The number of ether oxygens (including phenoxy) is 2. The first-order chi connectivity index (χ1) is 13.6. The molecule has 0 saturated heterocycles. The van der Waals surface area contributed by atoms with E-state index >= 15 is 0 Å². The molecule has 1 atom stereocenters. The second-order valence-corrected chi connectivity index (χ2v) is 8.75. The van der Waals surface area contributed by atoms with Crippen molar-refractivity contribution < 1.29 is 23.8 Å². The highest BCUT2D eigenvalue weighted by Gasteiger charge is 2.29. The van der Waals surface area contributed by atoms with Gasteiger partial charge in [0.25, 0.3) is 0 Å². The van der Waals surface area contributed by atoms with Crippen LogP contribution in [0.5, 0.6) is 11.5 Å². The molecule has 0 aliphatic heterocycles. The molecular weight excluding hydrogens is 391 g/mol. The number of aryl methyl sites for hydroxylation is 2. The zero-order valence-electron chi connectivity index (χ0n) is 17.6. The predicted octanol–water partition coefficient (Wildman–Crippen LogP) is 5.88. The Labute approximate surface area is 176 Å². The molecule has 4 nitrogen and oxygen atoms in total. The molecule has 0 fully saturated rings. The molecule has 2 aromatic carbocycles. The summed E-state index contributed by atoms with van der Waals surface area (Å²) >= 11 is 1.72. The van der Waals surface area contributed by atoms with Crippen molar-refractivity contribution in [2.75, 3.05) is 12.4 Å². The van der Waals surface area contributed by atoms with Crippen molar-refractivity contribution in [1.82, 2.24) is 0 Å². The highest BCUT2D eigenvalue weighted by Crippen LogP contribution is 2.30. The molecule has 2 aromatic rings. The quantitative estimate of drug-likeness (QED) is 0.486. The number of carbonyl (C=O) groups is 1. The smallest absolute Gasteiger partial charge is 0.347 e. The Kier molecular flexibility index (Phi) is 7.96. The maximum absolute atomic E-state index is 13.6. The summed E-state index contributed by atoms with van der Waals surface area (Å²) in [6, 6.07) is 10.7. The summed E-state index contributed by atoms with van der Waals surface area (Å²) in [5, 5.41) is 9.22. The minimum atomic E-state index is -1.28. The van der Waals surface area contributed by atoms with Crippen molar-refractivity contribution in [3.05, 3.63) is 53.3 Å². The van der Waals surface area contributed by atoms with Gasteiger partial charge in [0.05, 0.1) is 6.61 Å². The number of carboxylic acid groups (broad SMARTS) is 1. The van der Waals surface area contributed by atoms with Gasteiger partial charge in [-0.1, -0.05) is 13.0 Å². The average molecular weight is 421 g/mol. The van der Waals surface area contributed by atoms with E-state index < -0.39 is 11.6 Å². The van der Waals surface area contributed by atoms with Crippen LogP contribution in [0.4, 0.5) is 4.39 Å². The monoisotopic (exact) mass is 420 g/mol. The molecular formula is C23H29FO4S. The van der Waals surface area contributed by atoms with Crippen LogP contribution in [0.15, 0.2) is 41.3 Å². The maximum atomic E-state index is 13.6. The third-order valence-corrected chi connectivity index (χ3v) is 5.94. The van der Waals surface area contributed by atoms with Crippen LogP contribution in [0.2, 0.25) is 0 Å². The predicted molar refractivity (Wildman–Crippen MR) is 115 cm³/mol. The zero-order chi connectivity index (χ0) is 21.6. The van der Waals surface area contributed by atoms with Crippen LogP contribution < -0.4 is 9.47 Å². The van der Waals surface area contributed by atoms with E-state index in [0.29, 0.717) is 29.6 Å². The molecule has 0 radical (unpaired) electrons. The lowest BCUT2D eigenvalue weighted by atomic mass is 10.1. The number of benzene rings is 2. The lowest BCUT2D eigenvalue weighted by Crippen LogP contribution is -2.38. The Morgan fingerprint density at radius 3 is 2.48 bits per heavy atom. The largest absolute Gasteiger partial charge is 0.493 e. The number of hydrogen-bond donors (Lipinski definition) is 1. The zero-order valence-corrected chi connectivity index (χ0v) is 18.4. The standard InChI is InChI=1S/C23H29FO4S/c1-6-17(13-27-18-8-7-15(2)20(24)12-18)14-29-19-9-10-21(16(3)11-19)28-23(4,5)22(25)26/h7-12,17H,6,13-14H2,1-5H3,(H,25,26). The van der Waals surface area contributed by atoms with Crippen LogP contribution in [-0.2, 0) is 4.79 Å². The van der Waals surface area contributed by atoms with Crippen LogP contribution in [0.1, 0.15) is 38.3 Å². The minimum Gasteiger partial charge on any atom is -0.493 e. The molecule has 0 aliphatic rings. The van der Waals surface area contributed by atoms with E-state index in [1.54, 1.807) is 30.8 Å². The van der Waals surface area contributed by atoms with Crippen LogP contribution >= 0.6 is 11.8 Å². The molecule has 0 saturated carbocycles. The van der Waals surface area contributed by atoms with Crippen molar-refractivity contribution >= 4 is 17.7 Å². The summed E-state index contributed by atoms with van der Waals surface area (Å²) in [4.78, 5) is 12.3. The van der Waals surface area contributed by atoms with Crippen LogP contribution in [0.25, 0.3) is 0 Å². The van der Waals surface area contributed by atoms with Crippen LogP contribution in [0.3, 0.4) is 0 Å². The highest BCUT2D eigenvalue weighted by atomic mass is 32.2. The lowest BCUT2D eigenvalue weighted by molar-refractivity contribution is -0.152. The molecule has 0 aliphatic carbocycles. The van der Waals surface area contributed by atoms with Crippen LogP contribution in [0, 0.1) is 25.6 Å². The average Bonchev–Trinajstić information content (AvgIpc) is 2.66. The van der Waals surface area contributed by atoms with Gasteiger partial charge < -0.3 is 14.6 Å². The summed E-state index contributed by atoms with van der Waals surface area (Å²) < 4.78 is 25.1. The molecule has 29 heavy (non-hydrogen) atoms. The Morgan fingerprint density at radius 1 is 1.17 bits per heavy atom. The Bertz CT molecular complexity index is 851. The summed E-state index contributed by atoms with van der Waals surface area (Å²) in [6.45, 7) is 9.33. The van der Waals surface area contributed by atoms with Gasteiger partial charge in [-0.05, 0) is 69.5 Å². The van der Waals surface area contributed by atoms with E-state index in [2.05, 4.69) is 6.92 Å². The lowest BCUT2D eigenvalue weighted by Gasteiger charge is -2.23. The van der Waals surface area contributed by atoms with E-state index in [0.717, 1.165) is 22.6 Å². The highest BCUT2D eigenvalue weighted by molar-refractivity contribution is 7.99. The first-order valence-electron chi connectivity index (χ1n) is 9.67. The molecule has 0 aromatic heterocycles. The van der Waals surface area contributed by atoms with Gasteiger partial charge in [0.2, 0.25) is 0 Å². The van der Waals surface area contributed by atoms with Gasteiger partial charge in [-0.25, -0.2) is 9.18 Å². The van der Waals surface area contributed by atoms with E-state index in [1.165, 1.54) is 19.9 Å². The third kappa shape index (κ3) is 6.67. The fourth-order valence-electron chi connectivity index (χ4n) is 2.52. The second-order valence-electron chi connectivity index (χ2n) is 7.65. The number of thioether (sulfide) groups is 1. The number of aliphatic carboxylic acids is 1. The fraction of sp³-hybridized carbons (Fsp3) is 0.435. The van der Waals surface area contributed by atoms with Gasteiger partial charge in [-0.2, -0.15) is 0 Å². The Hall–Kier alpha value is -2.21. The van der Waals surface area contributed by atoms with E-state index in [1.807, 2.05) is 25.1 Å². The first kappa shape index (κ1) is 23.1. The van der Waals surface area contributed by atoms with Crippen molar-refractivity contribution in [2.45, 2.75) is 51.5 Å². The topological polar surface area (TPSA) is 55.8 Å².